The quantitative estimate of drug-likeness (QED) is 0.696. The third-order valence-corrected chi connectivity index (χ3v) is 6.64. The summed E-state index contributed by atoms with van der Waals surface area (Å²) in [5.41, 5.74) is 3.27. The minimum atomic E-state index is -0.329. The predicted octanol–water partition coefficient (Wildman–Crippen LogP) is 3.19. The summed E-state index contributed by atoms with van der Waals surface area (Å²) >= 11 is 6.48. The minimum absolute atomic E-state index is 0.0292. The summed E-state index contributed by atoms with van der Waals surface area (Å²) in [5, 5.41) is 3.79. The number of likely N-dealkylation sites (tertiary alicyclic amines) is 1. The van der Waals surface area contributed by atoms with E-state index in [-0.39, 0.29) is 30.2 Å². The molecule has 0 bridgehead atoms. The number of nitrogens with one attached hydrogen (secondary N) is 1. The lowest BCUT2D eigenvalue weighted by Gasteiger charge is -2.35. The molecule has 2 amide bonds. The fraction of sp³-hybridized carbons (Fsp3) is 0.440. The van der Waals surface area contributed by atoms with Crippen LogP contribution in [-0.4, -0.2) is 61.0 Å². The molecule has 0 saturated carbocycles. The molecule has 2 aromatic rings. The van der Waals surface area contributed by atoms with E-state index in [1.54, 1.807) is 4.90 Å². The highest BCUT2D eigenvalue weighted by Crippen LogP contribution is 2.28. The highest BCUT2D eigenvalue weighted by Gasteiger charge is 2.35. The number of hydrogen-bond acceptors (Lipinski definition) is 4. The van der Waals surface area contributed by atoms with Gasteiger partial charge in [0.05, 0.1) is 25.2 Å². The highest BCUT2D eigenvalue weighted by molar-refractivity contribution is 6.31. The van der Waals surface area contributed by atoms with Crippen LogP contribution in [0, 0.1) is 12.8 Å². The zero-order valence-electron chi connectivity index (χ0n) is 18.4. The maximum absolute atomic E-state index is 13.0. The molecule has 0 aliphatic carbocycles. The summed E-state index contributed by atoms with van der Waals surface area (Å²) in [7, 11) is 0. The first-order valence-electron chi connectivity index (χ1n) is 11.2. The van der Waals surface area contributed by atoms with Crippen LogP contribution in [0.3, 0.4) is 0 Å². The van der Waals surface area contributed by atoms with Crippen molar-refractivity contribution in [2.45, 2.75) is 25.9 Å². The number of aryl methyl sites for hydroxylation is 1. The molecular weight excluding hydrogens is 426 g/mol. The molecule has 0 spiro atoms. The lowest BCUT2D eigenvalue weighted by Crippen LogP contribution is -2.45. The number of benzene rings is 2. The number of nitrogens with zero attached hydrogens (tertiary/aromatic N) is 2. The Morgan fingerprint density at radius 3 is 2.59 bits per heavy atom. The van der Waals surface area contributed by atoms with Crippen LogP contribution in [0.25, 0.3) is 0 Å². The zero-order chi connectivity index (χ0) is 22.5. The van der Waals surface area contributed by atoms with Gasteiger partial charge in [-0.2, -0.15) is 0 Å². The molecule has 32 heavy (non-hydrogen) atoms. The van der Waals surface area contributed by atoms with E-state index in [1.165, 1.54) is 5.56 Å². The summed E-state index contributed by atoms with van der Waals surface area (Å²) in [6.07, 6.45) is 0.256. The second-order valence-electron chi connectivity index (χ2n) is 8.59. The second kappa shape index (κ2) is 10.5. The number of carbonyl (C=O) groups is 2. The third-order valence-electron chi connectivity index (χ3n) is 6.30. The Morgan fingerprint density at radius 2 is 1.88 bits per heavy atom. The standard InChI is InChI=1S/C25H30ClN3O3/c1-18-6-8-19(9-7-18)16-29-17-20(14-24(29)30)25(31)27-15-23(28-10-12-32-13-11-28)21-4-2-3-5-22(21)26/h2-9,20,23H,10-17H2,1H3,(H,27,31). The fourth-order valence-electron chi connectivity index (χ4n) is 4.43. The summed E-state index contributed by atoms with van der Waals surface area (Å²) in [6.45, 7) is 6.39. The SMILES string of the molecule is Cc1ccc(CN2CC(C(=O)NCC(c3ccccc3Cl)N3CCOCC3)CC2=O)cc1. The summed E-state index contributed by atoms with van der Waals surface area (Å²) in [4.78, 5) is 29.6. The second-order valence-corrected chi connectivity index (χ2v) is 9.00. The average Bonchev–Trinajstić information content (AvgIpc) is 3.17. The number of carbonyl (C=O) groups excluding carboxylic acids is 2. The van der Waals surface area contributed by atoms with E-state index in [4.69, 9.17) is 16.3 Å². The van der Waals surface area contributed by atoms with Crippen molar-refractivity contribution >= 4 is 23.4 Å². The zero-order valence-corrected chi connectivity index (χ0v) is 19.2. The Balaban J connectivity index is 1.38. The predicted molar refractivity (Wildman–Crippen MR) is 124 cm³/mol. The molecule has 0 aromatic heterocycles. The molecule has 6 nitrogen and oxygen atoms in total. The van der Waals surface area contributed by atoms with Gasteiger partial charge < -0.3 is 15.0 Å². The number of hydrogen-bond donors (Lipinski definition) is 1. The molecule has 2 aliphatic heterocycles. The van der Waals surface area contributed by atoms with Gasteiger partial charge in [-0.25, -0.2) is 0 Å². The van der Waals surface area contributed by atoms with Crippen LogP contribution in [0.5, 0.6) is 0 Å². The molecule has 2 heterocycles. The van der Waals surface area contributed by atoms with Gasteiger partial charge in [0.25, 0.3) is 0 Å². The fourth-order valence-corrected chi connectivity index (χ4v) is 4.69. The first kappa shape index (κ1) is 22.8. The van der Waals surface area contributed by atoms with E-state index < -0.39 is 0 Å². The van der Waals surface area contributed by atoms with Gasteiger partial charge in [0.15, 0.2) is 0 Å². The van der Waals surface area contributed by atoms with E-state index in [1.807, 2.05) is 55.5 Å². The monoisotopic (exact) mass is 455 g/mol. The summed E-state index contributed by atoms with van der Waals surface area (Å²) in [6, 6.07) is 15.9. The lowest BCUT2D eigenvalue weighted by molar-refractivity contribution is -0.129. The van der Waals surface area contributed by atoms with Crippen LogP contribution >= 0.6 is 11.6 Å². The lowest BCUT2D eigenvalue weighted by atomic mass is 10.0. The molecule has 170 valence electrons. The van der Waals surface area contributed by atoms with E-state index >= 15 is 0 Å². The molecule has 2 saturated heterocycles. The molecular formula is C25H30ClN3O3. The third kappa shape index (κ3) is 5.49. The Kier molecular flexibility index (Phi) is 7.45. The van der Waals surface area contributed by atoms with E-state index in [9.17, 15) is 9.59 Å². The Hall–Kier alpha value is -2.41. The van der Waals surface area contributed by atoms with Crippen LogP contribution in [0.15, 0.2) is 48.5 Å². The van der Waals surface area contributed by atoms with Gasteiger partial charge in [-0.1, -0.05) is 59.6 Å². The molecule has 0 radical (unpaired) electrons. The van der Waals surface area contributed by atoms with E-state index in [0.717, 1.165) is 24.2 Å². The van der Waals surface area contributed by atoms with Gasteiger partial charge >= 0.3 is 0 Å². The van der Waals surface area contributed by atoms with Gasteiger partial charge in [-0.15, -0.1) is 0 Å². The molecule has 4 rings (SSSR count). The maximum Gasteiger partial charge on any atom is 0.225 e. The molecule has 1 N–H and O–H groups in total. The number of rotatable bonds is 7. The minimum Gasteiger partial charge on any atom is -0.379 e. The van der Waals surface area contributed by atoms with Crippen LogP contribution in [-0.2, 0) is 20.9 Å². The van der Waals surface area contributed by atoms with Gasteiger partial charge in [0.2, 0.25) is 11.8 Å². The molecule has 7 heteroatoms. The number of ether oxygens (including phenoxy) is 1. The molecule has 2 aromatic carbocycles. The maximum atomic E-state index is 13.0. The summed E-state index contributed by atoms with van der Waals surface area (Å²) in [5.74, 6) is -0.374. The Labute approximate surface area is 194 Å². The number of halogens is 1. The van der Waals surface area contributed by atoms with Gasteiger partial charge in [0, 0.05) is 44.2 Å². The smallest absolute Gasteiger partial charge is 0.225 e. The largest absolute Gasteiger partial charge is 0.379 e. The van der Waals surface area contributed by atoms with Crippen molar-refractivity contribution in [2.24, 2.45) is 5.92 Å². The van der Waals surface area contributed by atoms with Crippen molar-refractivity contribution < 1.29 is 14.3 Å². The topological polar surface area (TPSA) is 61.9 Å². The summed E-state index contributed by atoms with van der Waals surface area (Å²) < 4.78 is 5.50. The number of amides is 2. The van der Waals surface area contributed by atoms with E-state index in [2.05, 4.69) is 10.2 Å². The van der Waals surface area contributed by atoms with E-state index in [0.29, 0.717) is 37.9 Å². The average molecular weight is 456 g/mol. The molecule has 2 aliphatic rings. The van der Waals surface area contributed by atoms with Crippen molar-refractivity contribution in [3.8, 4) is 0 Å². The van der Waals surface area contributed by atoms with Crippen LogP contribution in [0.2, 0.25) is 5.02 Å². The van der Waals surface area contributed by atoms with Gasteiger partial charge in [-0.05, 0) is 24.1 Å². The van der Waals surface area contributed by atoms with Crippen molar-refractivity contribution in [3.05, 3.63) is 70.2 Å². The van der Waals surface area contributed by atoms with Gasteiger partial charge in [0.1, 0.15) is 0 Å². The first-order valence-corrected chi connectivity index (χ1v) is 11.6. The van der Waals surface area contributed by atoms with Crippen molar-refractivity contribution in [1.29, 1.82) is 0 Å². The molecule has 2 fully saturated rings. The Morgan fingerprint density at radius 1 is 1.16 bits per heavy atom. The van der Waals surface area contributed by atoms with Crippen molar-refractivity contribution in [3.63, 3.8) is 0 Å². The Bertz CT molecular complexity index is 944. The van der Waals surface area contributed by atoms with Gasteiger partial charge in [-0.3, -0.25) is 14.5 Å². The normalized spacial score (nSPS) is 20.4. The highest BCUT2D eigenvalue weighted by atomic mass is 35.5. The van der Waals surface area contributed by atoms with Crippen molar-refractivity contribution in [1.82, 2.24) is 15.1 Å². The number of morpholine rings is 1. The van der Waals surface area contributed by atoms with Crippen LogP contribution in [0.1, 0.15) is 29.2 Å². The molecule has 2 unspecified atom stereocenters. The first-order chi connectivity index (χ1) is 15.5. The van der Waals surface area contributed by atoms with Crippen molar-refractivity contribution in [2.75, 3.05) is 39.4 Å². The van der Waals surface area contributed by atoms with Crippen LogP contribution in [0.4, 0.5) is 0 Å². The molecule has 2 atom stereocenters. The van der Waals surface area contributed by atoms with Crippen LogP contribution < -0.4 is 5.32 Å².